The third kappa shape index (κ3) is 26.3. The number of likely N-dealkylation sites (N-methyl/N-ethyl adjacent to an activating group) is 2. The molecule has 4 fully saturated rings. The van der Waals surface area contributed by atoms with Crippen LogP contribution in [0.25, 0.3) is 49.8 Å². The molecule has 7 aliphatic rings. The van der Waals surface area contributed by atoms with Gasteiger partial charge in [0.05, 0.1) is 108 Å². The van der Waals surface area contributed by atoms with Crippen LogP contribution < -0.4 is 44.9 Å². The van der Waals surface area contributed by atoms with Gasteiger partial charge in [0.25, 0.3) is 17.7 Å². The van der Waals surface area contributed by atoms with E-state index in [1.54, 1.807) is 80.3 Å². The standard InChI is InChI=1S/C38H47N5O7S2.C37H48N6O5S2.C32H38N4O6S/c1-21(2)30-20-51-35(40-30)29-18-32(26-13-14-31(49-5)22(3)33(26)39-29)50-24-16-27-28(17-24)36(45)43(4)15-9-7-6-8-10-23-19-38(23,41-34(27)44)37(46)42-52(47,48)25-11-12-25;1-24(2)33(42-36(46)43(5)20-29-22-49-35(40-29)25(3)4)34(45)39-28(16-26-12-8-6-9-13-26)18-32(44)31(17-27-14-10-7-11-15-27)41-37(47)48-21-30-19-38-23-50-30;1-34-13-15-42-16-14-35(2)43(39,40)33-31(37)22-9-11-27-28(19-22)36-20-24(32(34)38)17-23-18-25(41-3)10-12-26(23)30(36)29(27)21-7-5-4-6-8-21/h8,10,13-14,18,20-21,23-25,27-28H,6-7,9,11-12,15-17,19H2,1-5H3,(H,41,44)(H,42,46);6-15,19,22-25,28,31-33,44H,16-18,20-21H2,1-5H3,(H,39,45)(H,41,47)(H,42,46);9-12,17-19,21H,4-8,13-16,20H2,1-3H3,(H,33,37)/b10-8-;;/t23-,24-,27-,28-,38-;28-,31-,32-,33-;/m10./s1. The molecular weight excluding hydrogens is 1940 g/mol. The fraction of sp³-hybridized carbons (Fsp3) is 0.477. The highest BCUT2D eigenvalue weighted by atomic mass is 32.2. The predicted molar refractivity (Wildman–Crippen MR) is 561 cm³/mol. The highest BCUT2D eigenvalue weighted by molar-refractivity contribution is 7.91. The SMILES string of the molecule is CC(C)c1nc(CN(C)C(=O)N[C@H](C(=O)N[C@@H](Cc2ccccc2)C[C@H](O)[C@H](Cc2ccccc2)NC(=O)OCc2cncs2)C(C)C)cs1.COc1ccc2c(O[C@@H]3C[C@H]4C(=O)N[C@]5(C(=O)NS(=O)(=O)C6CC6)C[C@H]5/C=C\CCCCN(C)C(=O)[C@@H]4C3)cc(-c3nc(C(C)C)cs3)nc2c1C.COc1ccc2c(c1)C=C1Cn3c-2c(C2CCCCC2)c2ccc(cc23)C(=O)NS(=O)(=O)N(C)CCOCCN(C)C1=O. The largest absolute Gasteiger partial charge is 0.497 e. The van der Waals surface area contributed by atoms with Crippen molar-refractivity contribution in [2.75, 3.05) is 75.3 Å². The van der Waals surface area contributed by atoms with Crippen LogP contribution in [0.3, 0.4) is 0 Å². The molecule has 5 aromatic carbocycles. The van der Waals surface area contributed by atoms with Crippen molar-refractivity contribution in [1.29, 1.82) is 0 Å². The van der Waals surface area contributed by atoms with Gasteiger partial charge in [0.1, 0.15) is 52.2 Å². The molecule has 9 amide bonds. The minimum Gasteiger partial charge on any atom is -0.497 e. The number of urea groups is 1. The van der Waals surface area contributed by atoms with Crippen LogP contribution in [0, 0.1) is 30.6 Å². The molecule has 33 nitrogen and oxygen atoms in total. The number of methoxy groups -OCH3 is 2. The van der Waals surface area contributed by atoms with Gasteiger partial charge in [0.15, 0.2) is 0 Å². The molecular formula is C107H133N15O18S5. The van der Waals surface area contributed by atoms with Gasteiger partial charge >= 0.3 is 22.3 Å². The first-order valence-electron chi connectivity index (χ1n) is 49.9. The van der Waals surface area contributed by atoms with E-state index in [0.717, 1.165) is 125 Å². The van der Waals surface area contributed by atoms with Crippen LogP contribution in [0.2, 0.25) is 0 Å². The van der Waals surface area contributed by atoms with Gasteiger partial charge in [-0.2, -0.15) is 12.7 Å². The molecule has 0 radical (unpaired) electrons. The molecule has 0 saturated heterocycles. The van der Waals surface area contributed by atoms with E-state index in [1.807, 2.05) is 147 Å². The monoisotopic (exact) mass is 2080 g/mol. The fourth-order valence-electron chi connectivity index (χ4n) is 19.5. The van der Waals surface area contributed by atoms with E-state index in [2.05, 4.69) is 79.0 Å². The molecule has 4 saturated carbocycles. The summed E-state index contributed by atoms with van der Waals surface area (Å²) in [5.74, 6) is -1.71. The topological polar surface area (TPSA) is 413 Å². The number of nitrogens with one attached hydrogen (secondary N) is 6. The van der Waals surface area contributed by atoms with Crippen molar-refractivity contribution in [2.45, 2.75) is 230 Å². The zero-order valence-corrected chi connectivity index (χ0v) is 88.5. The Kier molecular flexibility index (Phi) is 35.2. The lowest BCUT2D eigenvalue weighted by molar-refractivity contribution is -0.140. The second kappa shape index (κ2) is 47.6. The lowest BCUT2D eigenvalue weighted by Gasteiger charge is -2.30. The Morgan fingerprint density at radius 3 is 2.15 bits per heavy atom. The molecule has 774 valence electrons. The Balaban J connectivity index is 0.000000164. The van der Waals surface area contributed by atoms with Crippen molar-refractivity contribution in [3.8, 4) is 39.2 Å². The second-order valence-corrected chi connectivity index (χ2v) is 46.2. The number of fused-ring (bicyclic) bond motifs is 7. The number of aliphatic hydroxyl groups is 1. The summed E-state index contributed by atoms with van der Waals surface area (Å²) in [6.07, 6.45) is 16.0. The van der Waals surface area contributed by atoms with Crippen LogP contribution in [0.1, 0.15) is 209 Å². The maximum Gasteiger partial charge on any atom is 0.407 e. The number of ether oxygens (including phenoxy) is 5. The number of rotatable bonds is 27. The molecule has 145 heavy (non-hydrogen) atoms. The summed E-state index contributed by atoms with van der Waals surface area (Å²) in [6.45, 7) is 16.0. The predicted octanol–water partition coefficient (Wildman–Crippen LogP) is 15.3. The number of benzene rings is 5. The number of sulfonamides is 1. The van der Waals surface area contributed by atoms with Crippen LogP contribution in [0.4, 0.5) is 9.59 Å². The van der Waals surface area contributed by atoms with Crippen molar-refractivity contribution in [3.63, 3.8) is 0 Å². The number of pyridine rings is 1. The van der Waals surface area contributed by atoms with Gasteiger partial charge in [-0.25, -0.2) is 37.7 Å². The Morgan fingerprint density at radius 2 is 1.47 bits per heavy atom. The number of aryl methyl sites for hydroxylation is 1. The zero-order valence-electron chi connectivity index (χ0n) is 84.4. The van der Waals surface area contributed by atoms with Gasteiger partial charge in [0.2, 0.25) is 27.7 Å². The number of thiazole rings is 3. The van der Waals surface area contributed by atoms with Gasteiger partial charge in [0, 0.05) is 127 Å². The van der Waals surface area contributed by atoms with Crippen LogP contribution in [0.5, 0.6) is 17.2 Å². The van der Waals surface area contributed by atoms with E-state index in [1.165, 1.54) is 46.6 Å². The van der Waals surface area contributed by atoms with E-state index < -0.39 is 97.0 Å². The molecule has 0 unspecified atom stereocenters. The van der Waals surface area contributed by atoms with Gasteiger partial charge in [-0.15, -0.1) is 34.0 Å². The number of nitrogens with zero attached hydrogens (tertiary/aromatic N) is 9. The number of aliphatic hydroxyl groups excluding tert-OH is 1. The number of hydrogen-bond acceptors (Lipinski definition) is 25. The highest BCUT2D eigenvalue weighted by Crippen LogP contribution is 2.50. The minimum absolute atomic E-state index is 0.0556. The summed E-state index contributed by atoms with van der Waals surface area (Å²) in [7, 11) is 1.92. The molecule has 4 bridgehead atoms. The fourth-order valence-corrected chi connectivity index (χ4v) is 23.9. The summed E-state index contributed by atoms with van der Waals surface area (Å²) in [5.41, 5.74) is 11.9. The maximum absolute atomic E-state index is 14.3. The summed E-state index contributed by atoms with van der Waals surface area (Å²) in [5, 5.41) is 30.5. The third-order valence-corrected chi connectivity index (χ3v) is 34.1. The van der Waals surface area contributed by atoms with Gasteiger partial charge < -0.3 is 69.3 Å². The lowest BCUT2D eigenvalue weighted by Crippen LogP contribution is -2.55. The van der Waals surface area contributed by atoms with Crippen molar-refractivity contribution in [1.82, 2.24) is 74.2 Å². The second-order valence-electron chi connectivity index (χ2n) is 39.8. The first-order chi connectivity index (χ1) is 69.5. The Morgan fingerprint density at radius 1 is 0.745 bits per heavy atom. The van der Waals surface area contributed by atoms with Crippen molar-refractivity contribution >= 4 is 130 Å². The van der Waals surface area contributed by atoms with Crippen LogP contribution in [-0.2, 0) is 86.2 Å². The number of carbonyl (C=O) groups excluding carboxylic acids is 8. The number of carbonyl (C=O) groups is 8. The van der Waals surface area contributed by atoms with E-state index in [9.17, 15) is 60.3 Å². The first kappa shape index (κ1) is 107. The molecule has 4 aliphatic carbocycles. The van der Waals surface area contributed by atoms with Gasteiger partial charge in [-0.05, 0) is 179 Å². The molecule has 7 N–H and O–H groups in total. The summed E-state index contributed by atoms with van der Waals surface area (Å²) in [4.78, 5) is 133. The Hall–Kier alpha value is -12.0. The number of amides is 9. The minimum atomic E-state index is -4.09. The van der Waals surface area contributed by atoms with E-state index >= 15 is 0 Å². The Bertz CT molecular complexity index is 6620. The third-order valence-electron chi connectivity index (χ3n) is 28.0. The van der Waals surface area contributed by atoms with E-state index in [-0.39, 0.29) is 92.7 Å². The number of alkyl carbamates (subject to hydrolysis) is 1. The van der Waals surface area contributed by atoms with Crippen molar-refractivity contribution < 1.29 is 84.0 Å². The van der Waals surface area contributed by atoms with Crippen LogP contribution >= 0.6 is 34.0 Å². The zero-order chi connectivity index (χ0) is 103. The van der Waals surface area contributed by atoms with E-state index in [0.29, 0.717) is 104 Å². The smallest absolute Gasteiger partial charge is 0.407 e. The summed E-state index contributed by atoms with van der Waals surface area (Å²) in [6, 6.07) is 33.8. The molecule has 9 atom stereocenters. The molecule has 0 spiro atoms. The molecule has 8 heterocycles. The summed E-state index contributed by atoms with van der Waals surface area (Å²) >= 11 is 4.46. The average molecular weight is 2080 g/mol. The molecule has 5 aromatic heterocycles. The van der Waals surface area contributed by atoms with Crippen LogP contribution in [0.15, 0.2) is 155 Å². The summed E-state index contributed by atoms with van der Waals surface area (Å²) < 4.78 is 88.2. The van der Waals surface area contributed by atoms with Crippen molar-refractivity contribution in [3.05, 3.63) is 210 Å². The number of allylic oxidation sites excluding steroid dienone is 1. The maximum atomic E-state index is 14.3. The highest BCUT2D eigenvalue weighted by Gasteiger charge is 2.62. The Labute approximate surface area is 860 Å². The average Bonchev–Trinajstić information content (AvgIpc) is 1.57. The first-order valence-corrected chi connectivity index (χ1v) is 55.5. The normalized spacial score (nSPS) is 20.6. The number of aromatic nitrogens is 5. The molecule has 10 aromatic rings. The molecule has 38 heteroatoms. The van der Waals surface area contributed by atoms with Crippen LogP contribution in [-0.4, -0.2) is 229 Å². The molecule has 3 aliphatic heterocycles. The van der Waals surface area contributed by atoms with Gasteiger partial charge in [-0.3, -0.25) is 38.5 Å². The lowest BCUT2D eigenvalue weighted by atomic mass is 9.81. The van der Waals surface area contributed by atoms with E-state index in [4.69, 9.17) is 33.7 Å². The quantitative estimate of drug-likeness (QED) is 0.0235. The van der Waals surface area contributed by atoms with Crippen molar-refractivity contribution in [2.24, 2.45) is 23.7 Å². The number of hydrogen-bond donors (Lipinski definition) is 7. The molecule has 17 rings (SSSR count). The van der Waals surface area contributed by atoms with Gasteiger partial charge in [-0.1, -0.05) is 140 Å².